The minimum absolute atomic E-state index is 0.0725. The monoisotopic (exact) mass is 546 g/mol. The molecule has 0 bridgehead atoms. The SMILES string of the molecule is CCOc1ccc([C@H]2C(C(=O)OC(C)C)=C(C)N=c3s/c(=C/c4cc(Cl)cc(Cl)c4O)c(=O)n32)cc1. The number of nitrogens with zero attached hydrogens (tertiary/aromatic N) is 2. The lowest BCUT2D eigenvalue weighted by molar-refractivity contribution is -0.143. The van der Waals surface area contributed by atoms with E-state index in [1.807, 2.05) is 19.1 Å². The van der Waals surface area contributed by atoms with Gasteiger partial charge in [-0.25, -0.2) is 9.79 Å². The number of carbonyl (C=O) groups excluding carboxylic acids is 1. The molecule has 0 unspecified atom stereocenters. The summed E-state index contributed by atoms with van der Waals surface area (Å²) in [7, 11) is 0. The van der Waals surface area contributed by atoms with E-state index in [2.05, 4.69) is 4.99 Å². The second kappa shape index (κ2) is 10.5. The van der Waals surface area contributed by atoms with Crippen LogP contribution in [0, 0.1) is 0 Å². The Morgan fingerprint density at radius 3 is 2.58 bits per heavy atom. The summed E-state index contributed by atoms with van der Waals surface area (Å²) in [5.74, 6) is -0.0556. The molecule has 0 radical (unpaired) electrons. The Labute approximate surface area is 221 Å². The average Bonchev–Trinajstić information content (AvgIpc) is 3.11. The fraction of sp³-hybridized carbons (Fsp3) is 0.269. The van der Waals surface area contributed by atoms with Crippen molar-refractivity contribution in [2.75, 3.05) is 6.61 Å². The number of hydrogen-bond acceptors (Lipinski definition) is 7. The Balaban J connectivity index is 1.94. The topological polar surface area (TPSA) is 90.1 Å². The molecule has 2 aromatic carbocycles. The van der Waals surface area contributed by atoms with Gasteiger partial charge in [-0.15, -0.1) is 0 Å². The zero-order valence-electron chi connectivity index (χ0n) is 20.0. The number of allylic oxidation sites excluding steroid dienone is 1. The van der Waals surface area contributed by atoms with Crippen molar-refractivity contribution in [2.45, 2.75) is 39.8 Å². The minimum atomic E-state index is -0.762. The van der Waals surface area contributed by atoms with E-state index in [0.717, 1.165) is 11.3 Å². The zero-order valence-corrected chi connectivity index (χ0v) is 22.4. The van der Waals surface area contributed by atoms with Gasteiger partial charge in [0.15, 0.2) is 4.80 Å². The Bertz CT molecular complexity index is 1540. The number of fused-ring (bicyclic) bond motifs is 1. The number of rotatable bonds is 6. The lowest BCUT2D eigenvalue weighted by Gasteiger charge is -2.25. The van der Waals surface area contributed by atoms with E-state index < -0.39 is 12.0 Å². The maximum atomic E-state index is 13.7. The number of benzene rings is 2. The average molecular weight is 547 g/mol. The first-order chi connectivity index (χ1) is 17.1. The number of halogens is 2. The van der Waals surface area contributed by atoms with Crippen LogP contribution in [0.15, 0.2) is 57.5 Å². The summed E-state index contributed by atoms with van der Waals surface area (Å²) >= 11 is 13.3. The van der Waals surface area contributed by atoms with E-state index in [1.54, 1.807) is 32.9 Å². The summed E-state index contributed by atoms with van der Waals surface area (Å²) in [6.45, 7) is 7.65. The van der Waals surface area contributed by atoms with Gasteiger partial charge < -0.3 is 14.6 Å². The molecule has 188 valence electrons. The standard InChI is InChI=1S/C26H24Cl2N2O5S/c1-5-34-18-8-6-15(7-9-18)22-21(25(33)35-13(2)3)14(4)29-26-30(22)24(32)20(36-26)11-16-10-17(27)12-19(28)23(16)31/h6-13,22,31H,5H2,1-4H3/b20-11+/t22-/m0/s1. The lowest BCUT2D eigenvalue weighted by atomic mass is 9.96. The fourth-order valence-electron chi connectivity index (χ4n) is 3.93. The van der Waals surface area contributed by atoms with Crippen LogP contribution >= 0.6 is 34.5 Å². The van der Waals surface area contributed by atoms with Gasteiger partial charge >= 0.3 is 5.97 Å². The summed E-state index contributed by atoms with van der Waals surface area (Å²) in [4.78, 5) is 31.8. The van der Waals surface area contributed by atoms with Crippen LogP contribution in [0.1, 0.15) is 44.9 Å². The van der Waals surface area contributed by atoms with Gasteiger partial charge in [-0.3, -0.25) is 9.36 Å². The van der Waals surface area contributed by atoms with Crippen LogP contribution in [-0.4, -0.2) is 28.4 Å². The minimum Gasteiger partial charge on any atom is -0.506 e. The van der Waals surface area contributed by atoms with E-state index in [9.17, 15) is 14.7 Å². The second-order valence-electron chi connectivity index (χ2n) is 8.36. The van der Waals surface area contributed by atoms with Crippen molar-refractivity contribution < 1.29 is 19.4 Å². The normalized spacial score (nSPS) is 15.6. The molecule has 0 fully saturated rings. The Hall–Kier alpha value is -3.07. The molecule has 0 spiro atoms. The zero-order chi connectivity index (χ0) is 26.1. The van der Waals surface area contributed by atoms with E-state index in [0.29, 0.717) is 43.5 Å². The van der Waals surface area contributed by atoms with Crippen molar-refractivity contribution in [3.05, 3.63) is 88.5 Å². The molecule has 7 nitrogen and oxygen atoms in total. The molecule has 1 aliphatic heterocycles. The number of aromatic nitrogens is 1. The van der Waals surface area contributed by atoms with Gasteiger partial charge in [0.25, 0.3) is 5.56 Å². The number of thiazole rings is 1. The van der Waals surface area contributed by atoms with E-state index >= 15 is 0 Å². The number of hydrogen-bond donors (Lipinski definition) is 1. The predicted octanol–water partition coefficient (Wildman–Crippen LogP) is 4.60. The third kappa shape index (κ3) is 5.07. The number of carbonyl (C=O) groups is 1. The van der Waals surface area contributed by atoms with E-state index in [4.69, 9.17) is 32.7 Å². The summed E-state index contributed by atoms with van der Waals surface area (Å²) < 4.78 is 12.8. The third-order valence-electron chi connectivity index (χ3n) is 5.44. The van der Waals surface area contributed by atoms with Gasteiger partial charge in [0.2, 0.25) is 0 Å². The van der Waals surface area contributed by atoms with Crippen LogP contribution < -0.4 is 19.6 Å². The summed E-state index contributed by atoms with van der Waals surface area (Å²) in [5.41, 5.74) is 1.35. The molecular formula is C26H24Cl2N2O5S. The molecule has 1 atom stereocenters. The molecule has 0 saturated heterocycles. The Morgan fingerprint density at radius 2 is 1.94 bits per heavy atom. The molecule has 1 aromatic heterocycles. The molecule has 4 rings (SSSR count). The lowest BCUT2D eigenvalue weighted by Crippen LogP contribution is -2.40. The third-order valence-corrected chi connectivity index (χ3v) is 6.92. The largest absolute Gasteiger partial charge is 0.506 e. The maximum Gasteiger partial charge on any atom is 0.338 e. The smallest absolute Gasteiger partial charge is 0.338 e. The number of esters is 1. The highest BCUT2D eigenvalue weighted by molar-refractivity contribution is 7.07. The van der Waals surface area contributed by atoms with Crippen molar-refractivity contribution in [3.8, 4) is 11.5 Å². The molecule has 0 amide bonds. The molecule has 0 saturated carbocycles. The van der Waals surface area contributed by atoms with Crippen LogP contribution in [0.25, 0.3) is 6.08 Å². The van der Waals surface area contributed by atoms with Crippen LogP contribution in [0.5, 0.6) is 11.5 Å². The highest BCUT2D eigenvalue weighted by Crippen LogP contribution is 2.33. The van der Waals surface area contributed by atoms with Crippen molar-refractivity contribution in [3.63, 3.8) is 0 Å². The molecule has 3 aromatic rings. The maximum absolute atomic E-state index is 13.7. The van der Waals surface area contributed by atoms with Crippen molar-refractivity contribution in [1.82, 2.24) is 4.57 Å². The van der Waals surface area contributed by atoms with Gasteiger partial charge in [0, 0.05) is 10.6 Å². The van der Waals surface area contributed by atoms with Gasteiger partial charge in [0.1, 0.15) is 11.5 Å². The van der Waals surface area contributed by atoms with E-state index in [-0.39, 0.29) is 28.0 Å². The van der Waals surface area contributed by atoms with Crippen LogP contribution in [0.4, 0.5) is 0 Å². The van der Waals surface area contributed by atoms with Crippen molar-refractivity contribution >= 4 is 46.6 Å². The molecule has 1 N–H and O–H groups in total. The van der Waals surface area contributed by atoms with Crippen LogP contribution in [0.3, 0.4) is 0 Å². The van der Waals surface area contributed by atoms with Crippen molar-refractivity contribution in [2.24, 2.45) is 4.99 Å². The Kier molecular flexibility index (Phi) is 7.59. The quantitative estimate of drug-likeness (QED) is 0.456. The summed E-state index contributed by atoms with van der Waals surface area (Å²) in [6.07, 6.45) is 1.16. The molecule has 2 heterocycles. The van der Waals surface area contributed by atoms with Gasteiger partial charge in [-0.05, 0) is 63.6 Å². The molecule has 36 heavy (non-hydrogen) atoms. The Morgan fingerprint density at radius 1 is 1.25 bits per heavy atom. The first-order valence-corrected chi connectivity index (χ1v) is 12.8. The summed E-state index contributed by atoms with van der Waals surface area (Å²) in [6, 6.07) is 9.39. The second-order valence-corrected chi connectivity index (χ2v) is 10.2. The van der Waals surface area contributed by atoms with E-state index in [1.165, 1.54) is 22.8 Å². The highest BCUT2D eigenvalue weighted by Gasteiger charge is 2.33. The number of ether oxygens (including phenoxy) is 2. The predicted molar refractivity (Wildman–Crippen MR) is 141 cm³/mol. The fourth-order valence-corrected chi connectivity index (χ4v) is 5.47. The van der Waals surface area contributed by atoms with Gasteiger partial charge in [-0.1, -0.05) is 46.7 Å². The van der Waals surface area contributed by atoms with Crippen LogP contribution in [0.2, 0.25) is 10.0 Å². The highest BCUT2D eigenvalue weighted by atomic mass is 35.5. The number of phenolic OH excluding ortho intramolecular Hbond substituents is 1. The van der Waals surface area contributed by atoms with Gasteiger partial charge in [0.05, 0.1) is 39.6 Å². The molecule has 0 aliphatic carbocycles. The number of aromatic hydroxyl groups is 1. The molecule has 1 aliphatic rings. The van der Waals surface area contributed by atoms with Gasteiger partial charge in [-0.2, -0.15) is 0 Å². The first kappa shape index (κ1) is 26.0. The summed E-state index contributed by atoms with van der Waals surface area (Å²) in [5, 5.41) is 10.8. The first-order valence-electron chi connectivity index (χ1n) is 11.2. The molecular weight excluding hydrogens is 523 g/mol. The van der Waals surface area contributed by atoms with Crippen LogP contribution in [-0.2, 0) is 9.53 Å². The molecule has 10 heteroatoms. The van der Waals surface area contributed by atoms with Crippen molar-refractivity contribution in [1.29, 1.82) is 0 Å². The number of phenols is 1.